The molecule has 2 aromatic rings. The number of unbranched alkanes of at least 4 members (excludes halogenated alkanes) is 1. The fraction of sp³-hybridized carbons (Fsp3) is 0.360. The van der Waals surface area contributed by atoms with Gasteiger partial charge >= 0.3 is 0 Å². The summed E-state index contributed by atoms with van der Waals surface area (Å²) in [6.07, 6.45) is 3.54. The normalized spacial score (nSPS) is 15.9. The molecule has 0 unspecified atom stereocenters. The summed E-state index contributed by atoms with van der Waals surface area (Å²) in [5, 5.41) is 0. The maximum Gasteiger partial charge on any atom is 0.278 e. The number of carbonyl (C=O) groups is 2. The molecule has 2 heterocycles. The van der Waals surface area contributed by atoms with Crippen molar-refractivity contribution in [2.75, 3.05) is 24.6 Å². The maximum absolute atomic E-state index is 13.4. The summed E-state index contributed by atoms with van der Waals surface area (Å²) in [7, 11) is 0. The Morgan fingerprint density at radius 2 is 1.70 bits per heavy atom. The Balaban J connectivity index is 1.76. The van der Waals surface area contributed by atoms with Crippen LogP contribution in [0.3, 0.4) is 0 Å². The van der Waals surface area contributed by atoms with Gasteiger partial charge in [0.25, 0.3) is 11.8 Å². The average Bonchev–Trinajstić information content (AvgIpc) is 3.29. The van der Waals surface area contributed by atoms with Crippen molar-refractivity contribution in [1.29, 1.82) is 0 Å². The van der Waals surface area contributed by atoms with Crippen molar-refractivity contribution >= 4 is 23.1 Å². The molecular weight excluding hydrogens is 376 g/mol. The van der Waals surface area contributed by atoms with Crippen molar-refractivity contribution in [2.45, 2.75) is 39.5 Å². The molecule has 0 saturated carbocycles. The molecule has 156 valence electrons. The van der Waals surface area contributed by atoms with Gasteiger partial charge in [-0.25, -0.2) is 0 Å². The van der Waals surface area contributed by atoms with Crippen LogP contribution in [0.5, 0.6) is 5.75 Å². The first-order chi connectivity index (χ1) is 14.7. The van der Waals surface area contributed by atoms with Crippen LogP contribution in [0.1, 0.15) is 44.2 Å². The van der Waals surface area contributed by atoms with Crippen molar-refractivity contribution in [3.63, 3.8) is 0 Å². The van der Waals surface area contributed by atoms with Crippen LogP contribution in [0.4, 0.5) is 5.69 Å². The van der Waals surface area contributed by atoms with Gasteiger partial charge in [0.05, 0.1) is 12.2 Å². The number of imide groups is 1. The molecule has 5 nitrogen and oxygen atoms in total. The third-order valence-corrected chi connectivity index (χ3v) is 5.65. The molecule has 0 atom stereocenters. The SMILES string of the molecule is CCCCN1C(=O)C(c2ccc(OCCC)cc2)=C(N2CCc3ccccc32)C1=O. The zero-order valence-electron chi connectivity index (χ0n) is 17.7. The molecule has 4 rings (SSSR count). The summed E-state index contributed by atoms with van der Waals surface area (Å²) in [6, 6.07) is 15.6. The first-order valence-corrected chi connectivity index (χ1v) is 10.8. The standard InChI is InChI=1S/C25H28N2O3/c1-3-5-15-27-24(28)22(19-10-12-20(13-11-19)30-17-4-2)23(25(27)29)26-16-14-18-8-6-7-9-21(18)26/h6-13H,3-5,14-17H2,1-2H3. The van der Waals surface area contributed by atoms with E-state index in [0.717, 1.165) is 42.7 Å². The minimum Gasteiger partial charge on any atom is -0.494 e. The number of anilines is 1. The molecule has 0 aliphatic carbocycles. The maximum atomic E-state index is 13.4. The van der Waals surface area contributed by atoms with Gasteiger partial charge < -0.3 is 9.64 Å². The van der Waals surface area contributed by atoms with Gasteiger partial charge in [0.15, 0.2) is 0 Å². The molecular formula is C25H28N2O3. The van der Waals surface area contributed by atoms with Crippen LogP contribution in [0.2, 0.25) is 0 Å². The van der Waals surface area contributed by atoms with Crippen LogP contribution in [-0.4, -0.2) is 36.4 Å². The van der Waals surface area contributed by atoms with E-state index >= 15 is 0 Å². The lowest BCUT2D eigenvalue weighted by Gasteiger charge is -2.21. The highest BCUT2D eigenvalue weighted by atomic mass is 16.5. The third-order valence-electron chi connectivity index (χ3n) is 5.65. The highest BCUT2D eigenvalue weighted by molar-refractivity contribution is 6.36. The monoisotopic (exact) mass is 404 g/mol. The summed E-state index contributed by atoms with van der Waals surface area (Å²) in [4.78, 5) is 30.2. The number of nitrogens with zero attached hydrogens (tertiary/aromatic N) is 2. The number of hydrogen-bond donors (Lipinski definition) is 0. The predicted octanol–water partition coefficient (Wildman–Crippen LogP) is 4.42. The Morgan fingerprint density at radius 3 is 2.43 bits per heavy atom. The van der Waals surface area contributed by atoms with Crippen molar-refractivity contribution < 1.29 is 14.3 Å². The van der Waals surface area contributed by atoms with E-state index in [-0.39, 0.29) is 11.8 Å². The lowest BCUT2D eigenvalue weighted by atomic mass is 10.0. The van der Waals surface area contributed by atoms with E-state index < -0.39 is 0 Å². The first-order valence-electron chi connectivity index (χ1n) is 10.8. The summed E-state index contributed by atoms with van der Waals surface area (Å²) in [5.41, 5.74) is 3.99. The third kappa shape index (κ3) is 3.60. The number of fused-ring (bicyclic) bond motifs is 1. The number of para-hydroxylation sites is 1. The Hall–Kier alpha value is -3.08. The molecule has 0 N–H and O–H groups in total. The smallest absolute Gasteiger partial charge is 0.278 e. The fourth-order valence-corrected chi connectivity index (χ4v) is 4.10. The van der Waals surface area contributed by atoms with Gasteiger partial charge in [-0.05, 0) is 48.6 Å². The highest BCUT2D eigenvalue weighted by Gasteiger charge is 2.42. The van der Waals surface area contributed by atoms with Crippen LogP contribution < -0.4 is 9.64 Å². The van der Waals surface area contributed by atoms with E-state index in [0.29, 0.717) is 31.0 Å². The van der Waals surface area contributed by atoms with E-state index in [1.54, 1.807) is 0 Å². The summed E-state index contributed by atoms with van der Waals surface area (Å²) >= 11 is 0. The quantitative estimate of drug-likeness (QED) is 0.611. The van der Waals surface area contributed by atoms with Crippen molar-refractivity contribution in [3.8, 4) is 5.75 Å². The van der Waals surface area contributed by atoms with Crippen LogP contribution in [-0.2, 0) is 16.0 Å². The van der Waals surface area contributed by atoms with Crippen molar-refractivity contribution in [2.24, 2.45) is 0 Å². The molecule has 2 aromatic carbocycles. The number of carbonyl (C=O) groups excluding carboxylic acids is 2. The lowest BCUT2D eigenvalue weighted by molar-refractivity contribution is -0.136. The van der Waals surface area contributed by atoms with Crippen molar-refractivity contribution in [3.05, 3.63) is 65.4 Å². The van der Waals surface area contributed by atoms with Crippen LogP contribution in [0.25, 0.3) is 5.57 Å². The Bertz CT molecular complexity index is 978. The van der Waals surface area contributed by atoms with Crippen molar-refractivity contribution in [1.82, 2.24) is 4.90 Å². The average molecular weight is 405 g/mol. The number of rotatable bonds is 8. The summed E-state index contributed by atoms with van der Waals surface area (Å²) in [5.74, 6) is 0.385. The first kappa shape index (κ1) is 20.2. The number of amides is 2. The molecule has 0 spiro atoms. The van der Waals surface area contributed by atoms with Gasteiger partial charge in [0.2, 0.25) is 0 Å². The van der Waals surface area contributed by atoms with Crippen LogP contribution in [0, 0.1) is 0 Å². The zero-order chi connectivity index (χ0) is 21.1. The van der Waals surface area contributed by atoms with E-state index in [1.165, 1.54) is 10.5 Å². The second-order valence-electron chi connectivity index (χ2n) is 7.74. The van der Waals surface area contributed by atoms with Crippen LogP contribution >= 0.6 is 0 Å². The summed E-state index contributed by atoms with van der Waals surface area (Å²) in [6.45, 7) is 5.93. The molecule has 0 radical (unpaired) electrons. The summed E-state index contributed by atoms with van der Waals surface area (Å²) < 4.78 is 5.68. The molecule has 0 saturated heterocycles. The number of ether oxygens (including phenoxy) is 1. The highest BCUT2D eigenvalue weighted by Crippen LogP contribution is 2.38. The van der Waals surface area contributed by atoms with Gasteiger partial charge in [-0.15, -0.1) is 0 Å². The number of hydrogen-bond acceptors (Lipinski definition) is 4. The largest absolute Gasteiger partial charge is 0.494 e. The molecule has 0 bridgehead atoms. The molecule has 0 aromatic heterocycles. The fourth-order valence-electron chi connectivity index (χ4n) is 4.10. The second-order valence-corrected chi connectivity index (χ2v) is 7.74. The van der Waals surface area contributed by atoms with Gasteiger partial charge in [-0.1, -0.05) is 50.6 Å². The van der Waals surface area contributed by atoms with E-state index in [2.05, 4.69) is 19.9 Å². The molecule has 2 aliphatic rings. The van der Waals surface area contributed by atoms with Crippen LogP contribution in [0.15, 0.2) is 54.2 Å². The molecule has 2 amide bonds. The van der Waals surface area contributed by atoms with Gasteiger partial charge in [-0.2, -0.15) is 0 Å². The van der Waals surface area contributed by atoms with Gasteiger partial charge in [-0.3, -0.25) is 14.5 Å². The Kier molecular flexibility index (Phi) is 5.88. The van der Waals surface area contributed by atoms with Gasteiger partial charge in [0.1, 0.15) is 11.4 Å². The van der Waals surface area contributed by atoms with E-state index in [4.69, 9.17) is 4.74 Å². The van der Waals surface area contributed by atoms with E-state index in [9.17, 15) is 9.59 Å². The predicted molar refractivity (Wildman–Crippen MR) is 118 cm³/mol. The number of benzene rings is 2. The molecule has 5 heteroatoms. The topological polar surface area (TPSA) is 49.9 Å². The second kappa shape index (κ2) is 8.74. The minimum absolute atomic E-state index is 0.188. The lowest BCUT2D eigenvalue weighted by Crippen LogP contribution is -2.35. The molecule has 0 fully saturated rings. The Labute approximate surface area is 177 Å². The Morgan fingerprint density at radius 1 is 0.933 bits per heavy atom. The molecule has 2 aliphatic heterocycles. The minimum atomic E-state index is -0.199. The zero-order valence-corrected chi connectivity index (χ0v) is 17.7. The molecule has 30 heavy (non-hydrogen) atoms. The van der Waals surface area contributed by atoms with E-state index in [1.807, 2.05) is 47.4 Å². The van der Waals surface area contributed by atoms with Gasteiger partial charge in [0, 0.05) is 18.8 Å².